The average Bonchev–Trinajstić information content (AvgIpc) is 2.77. The second-order valence-electron chi connectivity index (χ2n) is 6.17. The molecule has 0 aliphatic rings. The number of hydrogen-bond donors (Lipinski definition) is 1. The van der Waals surface area contributed by atoms with Gasteiger partial charge < -0.3 is 14.6 Å². The number of esters is 2. The van der Waals surface area contributed by atoms with E-state index >= 15 is 0 Å². The van der Waals surface area contributed by atoms with Crippen molar-refractivity contribution in [2.24, 2.45) is 0 Å². The molecule has 3 aromatic rings. The zero-order valence-electron chi connectivity index (χ0n) is 15.8. The fourth-order valence-corrected chi connectivity index (χ4v) is 3.10. The van der Waals surface area contributed by atoms with Crippen LogP contribution in [-0.2, 0) is 9.47 Å². The Kier molecular flexibility index (Phi) is 5.74. The van der Waals surface area contributed by atoms with Crippen LogP contribution in [0.4, 0.5) is 0 Å². The van der Waals surface area contributed by atoms with Gasteiger partial charge >= 0.3 is 17.9 Å². The lowest BCUT2D eigenvalue weighted by Crippen LogP contribution is -2.04. The van der Waals surface area contributed by atoms with Gasteiger partial charge in [-0.15, -0.1) is 0 Å². The molecule has 3 aromatic carbocycles. The van der Waals surface area contributed by atoms with E-state index < -0.39 is 17.9 Å². The number of ether oxygens (including phenoxy) is 2. The quantitative estimate of drug-likeness (QED) is 0.654. The Balaban J connectivity index is 2.20. The maximum Gasteiger partial charge on any atom is 0.337 e. The largest absolute Gasteiger partial charge is 0.478 e. The topological polar surface area (TPSA) is 89.9 Å². The standard InChI is InChI=1S/C23H18O6/c1-28-22(26)15-11-9-14(10-12-15)20-18(7-4-8-19(20)21(24)25)16-5-3-6-17(13-16)23(27)29-2/h3-13H,1-2H3,(H,24,25). The van der Waals surface area contributed by atoms with Gasteiger partial charge in [-0.1, -0.05) is 36.4 Å². The van der Waals surface area contributed by atoms with Crippen LogP contribution < -0.4 is 0 Å². The molecule has 0 radical (unpaired) electrons. The third kappa shape index (κ3) is 4.01. The molecule has 0 aromatic heterocycles. The van der Waals surface area contributed by atoms with E-state index in [9.17, 15) is 19.5 Å². The Labute approximate surface area is 167 Å². The number of rotatable bonds is 5. The molecule has 1 N–H and O–H groups in total. The summed E-state index contributed by atoms with van der Waals surface area (Å²) in [5.74, 6) is -2.04. The van der Waals surface area contributed by atoms with E-state index in [0.717, 1.165) is 0 Å². The Hall–Kier alpha value is -3.93. The Morgan fingerprint density at radius 3 is 1.97 bits per heavy atom. The monoisotopic (exact) mass is 390 g/mol. The first-order valence-corrected chi connectivity index (χ1v) is 8.70. The minimum absolute atomic E-state index is 0.108. The summed E-state index contributed by atoms with van der Waals surface area (Å²) in [7, 11) is 2.59. The Bertz CT molecular complexity index is 1080. The third-order valence-electron chi connectivity index (χ3n) is 4.48. The number of carboxylic acid groups (broad SMARTS) is 1. The molecule has 0 bridgehead atoms. The average molecular weight is 390 g/mol. The molecule has 146 valence electrons. The molecule has 0 fully saturated rings. The second kappa shape index (κ2) is 8.39. The molecule has 0 amide bonds. The van der Waals surface area contributed by atoms with Crippen molar-refractivity contribution in [2.45, 2.75) is 0 Å². The van der Waals surface area contributed by atoms with Crippen LogP contribution in [0.25, 0.3) is 22.3 Å². The van der Waals surface area contributed by atoms with E-state index in [0.29, 0.717) is 33.4 Å². The SMILES string of the molecule is COC(=O)c1ccc(-c2c(C(=O)O)cccc2-c2cccc(C(=O)OC)c2)cc1. The highest BCUT2D eigenvalue weighted by molar-refractivity contribution is 6.02. The highest BCUT2D eigenvalue weighted by Crippen LogP contribution is 2.35. The van der Waals surface area contributed by atoms with E-state index in [1.165, 1.54) is 20.3 Å². The first-order valence-electron chi connectivity index (χ1n) is 8.70. The van der Waals surface area contributed by atoms with Gasteiger partial charge in [-0.2, -0.15) is 0 Å². The van der Waals surface area contributed by atoms with Crippen molar-refractivity contribution in [2.75, 3.05) is 14.2 Å². The van der Waals surface area contributed by atoms with Crippen molar-refractivity contribution in [3.8, 4) is 22.3 Å². The van der Waals surface area contributed by atoms with E-state index in [1.807, 2.05) is 0 Å². The molecule has 0 atom stereocenters. The van der Waals surface area contributed by atoms with Crippen LogP contribution in [-0.4, -0.2) is 37.2 Å². The van der Waals surface area contributed by atoms with Gasteiger partial charge in [0.15, 0.2) is 0 Å². The molecular weight excluding hydrogens is 372 g/mol. The lowest BCUT2D eigenvalue weighted by molar-refractivity contribution is 0.0592. The molecular formula is C23H18O6. The number of methoxy groups -OCH3 is 2. The first-order chi connectivity index (χ1) is 14.0. The minimum atomic E-state index is -1.08. The highest BCUT2D eigenvalue weighted by Gasteiger charge is 2.18. The van der Waals surface area contributed by atoms with Crippen LogP contribution in [0.5, 0.6) is 0 Å². The van der Waals surface area contributed by atoms with Crippen molar-refractivity contribution < 1.29 is 29.0 Å². The van der Waals surface area contributed by atoms with Crippen LogP contribution in [0.1, 0.15) is 31.1 Å². The van der Waals surface area contributed by atoms with Crippen LogP contribution in [0.15, 0.2) is 66.7 Å². The molecule has 29 heavy (non-hydrogen) atoms. The Morgan fingerprint density at radius 2 is 1.34 bits per heavy atom. The van der Waals surface area contributed by atoms with Gasteiger partial charge in [0.05, 0.1) is 30.9 Å². The zero-order valence-corrected chi connectivity index (χ0v) is 15.8. The van der Waals surface area contributed by atoms with Crippen molar-refractivity contribution in [1.29, 1.82) is 0 Å². The van der Waals surface area contributed by atoms with E-state index in [1.54, 1.807) is 60.7 Å². The lowest BCUT2D eigenvalue weighted by atomic mass is 9.89. The first kappa shape index (κ1) is 19.8. The summed E-state index contributed by atoms with van der Waals surface area (Å²) in [5, 5.41) is 9.71. The van der Waals surface area contributed by atoms with Gasteiger partial charge in [-0.05, 0) is 47.0 Å². The molecule has 6 heteroatoms. The number of aromatic carboxylic acids is 1. The summed E-state index contributed by atoms with van der Waals surface area (Å²) in [6.07, 6.45) is 0. The number of benzene rings is 3. The molecule has 0 aliphatic carbocycles. The zero-order chi connectivity index (χ0) is 21.0. The van der Waals surface area contributed by atoms with Gasteiger partial charge in [-0.25, -0.2) is 14.4 Å². The second-order valence-corrected chi connectivity index (χ2v) is 6.17. The molecule has 0 heterocycles. The van der Waals surface area contributed by atoms with Gasteiger partial charge in [0.25, 0.3) is 0 Å². The summed E-state index contributed by atoms with van der Waals surface area (Å²) in [6, 6.07) is 18.2. The van der Waals surface area contributed by atoms with Crippen molar-refractivity contribution in [3.63, 3.8) is 0 Å². The number of carbonyl (C=O) groups is 3. The van der Waals surface area contributed by atoms with Crippen LogP contribution in [0.2, 0.25) is 0 Å². The van der Waals surface area contributed by atoms with Gasteiger partial charge in [0.2, 0.25) is 0 Å². The molecule has 0 unspecified atom stereocenters. The van der Waals surface area contributed by atoms with Crippen LogP contribution >= 0.6 is 0 Å². The van der Waals surface area contributed by atoms with E-state index in [4.69, 9.17) is 9.47 Å². The summed E-state index contributed by atoms with van der Waals surface area (Å²) >= 11 is 0. The maximum atomic E-state index is 11.9. The predicted molar refractivity (Wildman–Crippen MR) is 107 cm³/mol. The maximum absolute atomic E-state index is 11.9. The molecule has 6 nitrogen and oxygen atoms in total. The molecule has 0 saturated heterocycles. The number of carbonyl (C=O) groups excluding carboxylic acids is 2. The summed E-state index contributed by atoms with van der Waals surface area (Å²) < 4.78 is 9.48. The smallest absolute Gasteiger partial charge is 0.337 e. The summed E-state index contributed by atoms with van der Waals surface area (Å²) in [6.45, 7) is 0. The number of carboxylic acids is 1. The Morgan fingerprint density at radius 1 is 0.724 bits per heavy atom. The lowest BCUT2D eigenvalue weighted by Gasteiger charge is -2.14. The van der Waals surface area contributed by atoms with Crippen molar-refractivity contribution >= 4 is 17.9 Å². The van der Waals surface area contributed by atoms with E-state index in [-0.39, 0.29) is 5.56 Å². The summed E-state index contributed by atoms with van der Waals surface area (Å²) in [4.78, 5) is 35.5. The molecule has 0 spiro atoms. The van der Waals surface area contributed by atoms with Gasteiger partial charge in [0.1, 0.15) is 0 Å². The fourth-order valence-electron chi connectivity index (χ4n) is 3.10. The summed E-state index contributed by atoms with van der Waals surface area (Å²) in [5.41, 5.74) is 3.24. The van der Waals surface area contributed by atoms with Gasteiger partial charge in [-0.3, -0.25) is 0 Å². The minimum Gasteiger partial charge on any atom is -0.478 e. The molecule has 3 rings (SSSR count). The molecule has 0 saturated carbocycles. The van der Waals surface area contributed by atoms with Gasteiger partial charge in [0, 0.05) is 5.56 Å². The highest BCUT2D eigenvalue weighted by atomic mass is 16.5. The predicted octanol–water partition coefficient (Wildman–Crippen LogP) is 4.29. The third-order valence-corrected chi connectivity index (χ3v) is 4.48. The fraction of sp³-hybridized carbons (Fsp3) is 0.0870. The van der Waals surface area contributed by atoms with E-state index in [2.05, 4.69) is 0 Å². The number of hydrogen-bond acceptors (Lipinski definition) is 5. The van der Waals surface area contributed by atoms with Crippen molar-refractivity contribution in [1.82, 2.24) is 0 Å². The van der Waals surface area contributed by atoms with Crippen LogP contribution in [0, 0.1) is 0 Å². The van der Waals surface area contributed by atoms with Crippen molar-refractivity contribution in [3.05, 3.63) is 83.4 Å². The molecule has 0 aliphatic heterocycles. The normalized spacial score (nSPS) is 10.3. The van der Waals surface area contributed by atoms with Crippen LogP contribution in [0.3, 0.4) is 0 Å².